The van der Waals surface area contributed by atoms with Gasteiger partial charge in [-0.05, 0) is 43.6 Å². The summed E-state index contributed by atoms with van der Waals surface area (Å²) >= 11 is 1.47. The van der Waals surface area contributed by atoms with Crippen LogP contribution in [0.1, 0.15) is 80.8 Å². The van der Waals surface area contributed by atoms with Crippen molar-refractivity contribution in [3.05, 3.63) is 33.7 Å². The molecule has 2 aliphatic heterocycles. The highest BCUT2D eigenvalue weighted by atomic mass is 32.1. The van der Waals surface area contributed by atoms with Gasteiger partial charge in [0, 0.05) is 50.4 Å². The van der Waals surface area contributed by atoms with Gasteiger partial charge in [0.15, 0.2) is 0 Å². The van der Waals surface area contributed by atoms with Crippen LogP contribution < -0.4 is 0 Å². The van der Waals surface area contributed by atoms with Crippen LogP contribution in [-0.2, 0) is 14.3 Å². The van der Waals surface area contributed by atoms with Gasteiger partial charge in [0.2, 0.25) is 0 Å². The van der Waals surface area contributed by atoms with Gasteiger partial charge in [0.25, 0.3) is 11.8 Å². The molecule has 8 heteroatoms. The Morgan fingerprint density at radius 3 is 2.43 bits per heavy atom. The average molecular weight is 528 g/mol. The van der Waals surface area contributed by atoms with Gasteiger partial charge < -0.3 is 19.4 Å². The van der Waals surface area contributed by atoms with Crippen LogP contribution >= 0.6 is 11.3 Å². The second kappa shape index (κ2) is 12.0. The van der Waals surface area contributed by atoms with Crippen LogP contribution in [0.2, 0.25) is 0 Å². The molecule has 0 spiro atoms. The fraction of sp³-hybridized carbons (Fsp3) is 0.690. The van der Waals surface area contributed by atoms with Crippen molar-refractivity contribution in [3.63, 3.8) is 0 Å². The Morgan fingerprint density at radius 1 is 1.00 bits per heavy atom. The monoisotopic (exact) mass is 527 g/mol. The highest BCUT2D eigenvalue weighted by Crippen LogP contribution is 2.42. The SMILES string of the molecule is CCOC(=O)C1=C(N2CCN(C(=O)c3cccs3)CC2)C2CCCCC2N(CCC2CCCCC2)C1=O. The zero-order valence-corrected chi connectivity index (χ0v) is 23.0. The molecule has 1 aromatic rings. The molecule has 2 unspecified atom stereocenters. The molecule has 1 saturated heterocycles. The minimum absolute atomic E-state index is 0.0680. The first-order chi connectivity index (χ1) is 18.1. The number of hydrogen-bond donors (Lipinski definition) is 0. The van der Waals surface area contributed by atoms with E-state index in [0.717, 1.165) is 49.2 Å². The molecule has 202 valence electrons. The van der Waals surface area contributed by atoms with Gasteiger partial charge in [0.1, 0.15) is 5.57 Å². The van der Waals surface area contributed by atoms with Gasteiger partial charge >= 0.3 is 5.97 Å². The number of rotatable bonds is 7. The van der Waals surface area contributed by atoms with Crippen molar-refractivity contribution in [2.24, 2.45) is 11.8 Å². The zero-order valence-electron chi connectivity index (χ0n) is 22.2. The van der Waals surface area contributed by atoms with E-state index in [4.69, 9.17) is 4.74 Å². The summed E-state index contributed by atoms with van der Waals surface area (Å²) in [7, 11) is 0. The minimum atomic E-state index is -0.480. The molecular weight excluding hydrogens is 486 g/mol. The Balaban J connectivity index is 1.39. The lowest BCUT2D eigenvalue weighted by Gasteiger charge is -2.49. The molecule has 0 bridgehead atoms. The van der Waals surface area contributed by atoms with Crippen molar-refractivity contribution < 1.29 is 19.1 Å². The quantitative estimate of drug-likeness (QED) is 0.380. The second-order valence-corrected chi connectivity index (χ2v) is 11.9. The van der Waals surface area contributed by atoms with Gasteiger partial charge in [-0.3, -0.25) is 9.59 Å². The maximum Gasteiger partial charge on any atom is 0.345 e. The zero-order chi connectivity index (χ0) is 25.8. The molecule has 7 nitrogen and oxygen atoms in total. The molecule has 37 heavy (non-hydrogen) atoms. The molecule has 2 saturated carbocycles. The Bertz CT molecular complexity index is 993. The third kappa shape index (κ3) is 5.59. The van der Waals surface area contributed by atoms with Crippen LogP contribution in [0.25, 0.3) is 0 Å². The summed E-state index contributed by atoms with van der Waals surface area (Å²) in [6.07, 6.45) is 11.7. The van der Waals surface area contributed by atoms with Gasteiger partial charge in [-0.1, -0.05) is 51.0 Å². The molecule has 3 heterocycles. The molecular formula is C29H41N3O4S. The fourth-order valence-electron chi connectivity index (χ4n) is 6.95. The number of fused-ring (bicyclic) bond motifs is 1. The smallest absolute Gasteiger partial charge is 0.345 e. The van der Waals surface area contributed by atoms with Crippen molar-refractivity contribution in [3.8, 4) is 0 Å². The predicted octanol–water partition coefficient (Wildman–Crippen LogP) is 4.69. The minimum Gasteiger partial charge on any atom is -0.462 e. The lowest BCUT2D eigenvalue weighted by molar-refractivity contribution is -0.145. The first-order valence-electron chi connectivity index (χ1n) is 14.4. The number of carbonyl (C=O) groups excluding carboxylic acids is 3. The van der Waals surface area contributed by atoms with E-state index < -0.39 is 5.97 Å². The predicted molar refractivity (Wildman–Crippen MR) is 144 cm³/mol. The summed E-state index contributed by atoms with van der Waals surface area (Å²) in [5.74, 6) is 0.305. The fourth-order valence-corrected chi connectivity index (χ4v) is 7.64. The second-order valence-electron chi connectivity index (χ2n) is 11.0. The summed E-state index contributed by atoms with van der Waals surface area (Å²) < 4.78 is 5.47. The van der Waals surface area contributed by atoms with Crippen molar-refractivity contribution in [1.82, 2.24) is 14.7 Å². The first kappa shape index (κ1) is 26.3. The molecule has 4 aliphatic rings. The van der Waals surface area contributed by atoms with Crippen molar-refractivity contribution in [2.75, 3.05) is 39.3 Å². The van der Waals surface area contributed by atoms with Crippen LogP contribution in [0.5, 0.6) is 0 Å². The summed E-state index contributed by atoms with van der Waals surface area (Å²) in [6, 6.07) is 3.93. The Morgan fingerprint density at radius 2 is 1.73 bits per heavy atom. The number of amides is 2. The average Bonchev–Trinajstić information content (AvgIpc) is 3.47. The van der Waals surface area contributed by atoms with E-state index >= 15 is 0 Å². The van der Waals surface area contributed by atoms with Crippen LogP contribution in [0.3, 0.4) is 0 Å². The van der Waals surface area contributed by atoms with Crippen molar-refractivity contribution in [1.29, 1.82) is 0 Å². The summed E-state index contributed by atoms with van der Waals surface area (Å²) in [5, 5.41) is 1.93. The van der Waals surface area contributed by atoms with Gasteiger partial charge in [-0.25, -0.2) is 4.79 Å². The number of carbonyl (C=O) groups is 3. The molecule has 2 amide bonds. The highest BCUT2D eigenvalue weighted by molar-refractivity contribution is 7.12. The van der Waals surface area contributed by atoms with E-state index in [2.05, 4.69) is 4.90 Å². The van der Waals surface area contributed by atoms with E-state index in [1.54, 1.807) is 6.92 Å². The van der Waals surface area contributed by atoms with Crippen LogP contribution in [-0.4, -0.2) is 77.9 Å². The van der Waals surface area contributed by atoms with Crippen LogP contribution in [0.4, 0.5) is 0 Å². The Hall–Kier alpha value is -2.35. The van der Waals surface area contributed by atoms with Crippen molar-refractivity contribution >= 4 is 29.1 Å². The third-order valence-electron chi connectivity index (χ3n) is 8.83. The standard InChI is InChI=1S/C29H41N3O4S/c1-2-36-29(35)25-26(30-16-18-31(19-17-30)27(33)24-13-8-20-37-24)22-11-6-7-12-23(22)32(28(25)34)15-14-21-9-4-3-5-10-21/h8,13,20-23H,2-7,9-12,14-19H2,1H3. The van der Waals surface area contributed by atoms with E-state index in [1.165, 1.54) is 43.4 Å². The molecule has 0 aromatic carbocycles. The number of esters is 1. The van der Waals surface area contributed by atoms with Crippen LogP contribution in [0.15, 0.2) is 28.8 Å². The van der Waals surface area contributed by atoms with E-state index in [9.17, 15) is 14.4 Å². The van der Waals surface area contributed by atoms with Crippen molar-refractivity contribution in [2.45, 2.75) is 77.2 Å². The summed E-state index contributed by atoms with van der Waals surface area (Å²) in [5.41, 5.74) is 1.15. The molecule has 5 rings (SSSR count). The Labute approximate surface area is 224 Å². The number of hydrogen-bond acceptors (Lipinski definition) is 6. The van der Waals surface area contributed by atoms with E-state index in [1.807, 2.05) is 27.3 Å². The largest absolute Gasteiger partial charge is 0.462 e. The van der Waals surface area contributed by atoms with E-state index in [0.29, 0.717) is 32.1 Å². The summed E-state index contributed by atoms with van der Waals surface area (Å²) in [4.78, 5) is 47.1. The number of piperazine rings is 1. The first-order valence-corrected chi connectivity index (χ1v) is 15.3. The van der Waals surface area contributed by atoms with E-state index in [-0.39, 0.29) is 36.0 Å². The lowest BCUT2D eigenvalue weighted by atomic mass is 9.76. The number of thiophene rings is 1. The highest BCUT2D eigenvalue weighted by Gasteiger charge is 2.47. The van der Waals surface area contributed by atoms with Gasteiger partial charge in [0.05, 0.1) is 11.5 Å². The van der Waals surface area contributed by atoms with Gasteiger partial charge in [-0.2, -0.15) is 0 Å². The number of nitrogens with zero attached hydrogens (tertiary/aromatic N) is 3. The molecule has 2 atom stereocenters. The summed E-state index contributed by atoms with van der Waals surface area (Å²) in [6.45, 7) is 5.24. The lowest BCUT2D eigenvalue weighted by Crippen LogP contribution is -2.57. The maximum absolute atomic E-state index is 14.0. The van der Waals surface area contributed by atoms with Gasteiger partial charge in [-0.15, -0.1) is 11.3 Å². The van der Waals surface area contributed by atoms with Crippen LogP contribution in [0, 0.1) is 11.8 Å². The topological polar surface area (TPSA) is 70.2 Å². The normalized spacial score (nSPS) is 25.3. The molecule has 1 aromatic heterocycles. The Kier molecular flexibility index (Phi) is 8.53. The molecule has 2 aliphatic carbocycles. The number of ether oxygens (including phenoxy) is 1. The maximum atomic E-state index is 14.0. The third-order valence-corrected chi connectivity index (χ3v) is 9.69. The molecule has 0 radical (unpaired) electrons. The molecule has 3 fully saturated rings. The molecule has 0 N–H and O–H groups in total.